The van der Waals surface area contributed by atoms with E-state index in [1.807, 2.05) is 30.3 Å². The largest absolute Gasteiger partial charge is 0.481 e. The van der Waals surface area contributed by atoms with Gasteiger partial charge in [-0.05, 0) is 45.2 Å². The van der Waals surface area contributed by atoms with Crippen molar-refractivity contribution in [2.45, 2.75) is 58.2 Å². The van der Waals surface area contributed by atoms with E-state index in [2.05, 4.69) is 10.3 Å². The summed E-state index contributed by atoms with van der Waals surface area (Å²) in [7, 11) is 1.46. The molecule has 2 aromatic rings. The highest BCUT2D eigenvalue weighted by atomic mass is 19.1. The van der Waals surface area contributed by atoms with E-state index < -0.39 is 23.6 Å². The van der Waals surface area contributed by atoms with Gasteiger partial charge in [-0.2, -0.15) is 0 Å². The number of carbonyl (C=O) groups excluding carboxylic acids is 2. The maximum Gasteiger partial charge on any atom is 0.410 e. The van der Waals surface area contributed by atoms with Gasteiger partial charge in [-0.1, -0.05) is 30.3 Å². The van der Waals surface area contributed by atoms with Gasteiger partial charge in [0.05, 0.1) is 12.8 Å². The summed E-state index contributed by atoms with van der Waals surface area (Å²) in [6.07, 6.45) is 1.09. The Kier molecular flexibility index (Phi) is 7.33. The van der Waals surface area contributed by atoms with Crippen molar-refractivity contribution in [2.24, 2.45) is 0 Å². The number of rotatable bonds is 6. The number of halogens is 1. The van der Waals surface area contributed by atoms with Gasteiger partial charge in [0.2, 0.25) is 11.8 Å². The van der Waals surface area contributed by atoms with Crippen LogP contribution in [0.25, 0.3) is 0 Å². The Morgan fingerprint density at radius 3 is 2.62 bits per heavy atom. The number of aromatic nitrogens is 1. The van der Waals surface area contributed by atoms with Crippen LogP contribution in [-0.2, 0) is 22.5 Å². The van der Waals surface area contributed by atoms with E-state index in [0.717, 1.165) is 5.56 Å². The maximum absolute atomic E-state index is 14.7. The molecule has 2 heterocycles. The van der Waals surface area contributed by atoms with Crippen LogP contribution in [-0.4, -0.2) is 47.2 Å². The van der Waals surface area contributed by atoms with Gasteiger partial charge in [-0.15, -0.1) is 0 Å². The zero-order chi connectivity index (χ0) is 23.3. The fourth-order valence-corrected chi connectivity index (χ4v) is 3.64. The second-order valence-electron chi connectivity index (χ2n) is 8.80. The van der Waals surface area contributed by atoms with Crippen LogP contribution < -0.4 is 10.1 Å². The minimum Gasteiger partial charge on any atom is -0.481 e. The van der Waals surface area contributed by atoms with Crippen LogP contribution in [0.15, 0.2) is 36.4 Å². The lowest BCUT2D eigenvalue weighted by atomic mass is 10.1. The molecular weight excluding hydrogens is 413 g/mol. The molecule has 1 saturated heterocycles. The molecule has 7 nitrogen and oxygen atoms in total. The highest BCUT2D eigenvalue weighted by Crippen LogP contribution is 2.23. The van der Waals surface area contributed by atoms with E-state index in [1.54, 1.807) is 20.8 Å². The van der Waals surface area contributed by atoms with Crippen molar-refractivity contribution in [3.05, 3.63) is 59.0 Å². The first-order chi connectivity index (χ1) is 15.2. The van der Waals surface area contributed by atoms with Gasteiger partial charge >= 0.3 is 6.09 Å². The quantitative estimate of drug-likeness (QED) is 0.734. The third-order valence-corrected chi connectivity index (χ3v) is 5.13. The molecule has 1 aliphatic heterocycles. The first-order valence-electron chi connectivity index (χ1n) is 10.7. The number of nitrogens with zero attached hydrogens (tertiary/aromatic N) is 2. The number of carbonyl (C=O) groups is 2. The molecule has 1 aliphatic rings. The summed E-state index contributed by atoms with van der Waals surface area (Å²) >= 11 is 0. The van der Waals surface area contributed by atoms with Gasteiger partial charge in [0, 0.05) is 25.1 Å². The van der Waals surface area contributed by atoms with E-state index in [0.29, 0.717) is 31.4 Å². The Bertz CT molecular complexity index is 960. The Balaban J connectivity index is 1.67. The monoisotopic (exact) mass is 443 g/mol. The van der Waals surface area contributed by atoms with Crippen molar-refractivity contribution in [1.29, 1.82) is 0 Å². The van der Waals surface area contributed by atoms with Gasteiger partial charge in [0.1, 0.15) is 17.5 Å². The Morgan fingerprint density at radius 1 is 1.25 bits per heavy atom. The lowest BCUT2D eigenvalue weighted by molar-refractivity contribution is -0.125. The summed E-state index contributed by atoms with van der Waals surface area (Å²) in [5.41, 5.74) is 0.996. The van der Waals surface area contributed by atoms with E-state index in [-0.39, 0.29) is 24.0 Å². The standard InChI is InChI=1S/C24H30FN3O4/c1-24(2,3)32-23(30)28-12-8-11-20(28)21(29)26-15-17-14-18(25)19(27-22(17)31-4)13-16-9-6-5-7-10-16/h5-7,9-10,14,20H,8,11-13,15H2,1-4H3,(H,26,29). The number of likely N-dealkylation sites (tertiary alicyclic amines) is 1. The SMILES string of the molecule is COc1nc(Cc2ccccc2)c(F)cc1CNC(=O)C1CCCN1C(=O)OC(C)(C)C. The highest BCUT2D eigenvalue weighted by Gasteiger charge is 2.36. The van der Waals surface area contributed by atoms with Crippen LogP contribution in [0, 0.1) is 5.82 Å². The van der Waals surface area contributed by atoms with E-state index in [4.69, 9.17) is 9.47 Å². The molecule has 1 unspecified atom stereocenters. The summed E-state index contributed by atoms with van der Waals surface area (Å²) in [5, 5.41) is 2.78. The molecule has 1 aromatic heterocycles. The maximum atomic E-state index is 14.7. The number of nitrogens with one attached hydrogen (secondary N) is 1. The summed E-state index contributed by atoms with van der Waals surface area (Å²) in [6.45, 7) is 5.85. The van der Waals surface area contributed by atoms with E-state index in [9.17, 15) is 14.0 Å². The zero-order valence-electron chi connectivity index (χ0n) is 19.0. The molecule has 8 heteroatoms. The lowest BCUT2D eigenvalue weighted by Crippen LogP contribution is -2.47. The van der Waals surface area contributed by atoms with Gasteiger partial charge in [0.25, 0.3) is 0 Å². The topological polar surface area (TPSA) is 80.8 Å². The second-order valence-corrected chi connectivity index (χ2v) is 8.80. The van der Waals surface area contributed by atoms with Crippen LogP contribution in [0.5, 0.6) is 5.88 Å². The molecule has 2 amide bonds. The molecule has 0 spiro atoms. The van der Waals surface area contributed by atoms with Gasteiger partial charge in [-0.25, -0.2) is 14.2 Å². The summed E-state index contributed by atoms with van der Waals surface area (Å²) in [6, 6.07) is 10.2. The number of hydrogen-bond donors (Lipinski definition) is 1. The van der Waals surface area contributed by atoms with E-state index >= 15 is 0 Å². The first-order valence-corrected chi connectivity index (χ1v) is 10.7. The minimum absolute atomic E-state index is 0.0379. The molecule has 0 aliphatic carbocycles. The van der Waals surface area contributed by atoms with Crippen LogP contribution in [0.4, 0.5) is 9.18 Å². The number of hydrogen-bond acceptors (Lipinski definition) is 5. The minimum atomic E-state index is -0.640. The fourth-order valence-electron chi connectivity index (χ4n) is 3.64. The molecule has 32 heavy (non-hydrogen) atoms. The normalized spacial score (nSPS) is 16.0. The average Bonchev–Trinajstić information content (AvgIpc) is 3.23. The number of amides is 2. The van der Waals surface area contributed by atoms with Crippen LogP contribution in [0.3, 0.4) is 0 Å². The predicted octanol–water partition coefficient (Wildman–Crippen LogP) is 3.84. The third-order valence-electron chi connectivity index (χ3n) is 5.13. The zero-order valence-corrected chi connectivity index (χ0v) is 19.0. The molecule has 0 bridgehead atoms. The van der Waals surface area contributed by atoms with Crippen molar-refractivity contribution < 1.29 is 23.5 Å². The van der Waals surface area contributed by atoms with Crippen molar-refractivity contribution in [1.82, 2.24) is 15.2 Å². The smallest absolute Gasteiger partial charge is 0.410 e. The molecule has 3 rings (SSSR count). The fraction of sp³-hybridized carbons (Fsp3) is 0.458. The van der Waals surface area contributed by atoms with Crippen LogP contribution in [0.1, 0.15) is 50.4 Å². The van der Waals surface area contributed by atoms with Gasteiger partial charge in [-0.3, -0.25) is 9.69 Å². The van der Waals surface area contributed by atoms with Crippen molar-refractivity contribution >= 4 is 12.0 Å². The number of ether oxygens (including phenoxy) is 2. The summed E-state index contributed by atoms with van der Waals surface area (Å²) in [5.74, 6) is -0.521. The molecule has 1 aromatic carbocycles. The predicted molar refractivity (Wildman–Crippen MR) is 118 cm³/mol. The number of methoxy groups -OCH3 is 1. The van der Waals surface area contributed by atoms with Gasteiger partial charge in [0.15, 0.2) is 0 Å². The summed E-state index contributed by atoms with van der Waals surface area (Å²) in [4.78, 5) is 31.0. The van der Waals surface area contributed by atoms with Crippen molar-refractivity contribution in [3.8, 4) is 5.88 Å². The molecule has 172 valence electrons. The molecule has 1 atom stereocenters. The molecule has 1 N–H and O–H groups in total. The summed E-state index contributed by atoms with van der Waals surface area (Å²) < 4.78 is 25.4. The van der Waals surface area contributed by atoms with Crippen molar-refractivity contribution in [2.75, 3.05) is 13.7 Å². The van der Waals surface area contributed by atoms with Gasteiger partial charge < -0.3 is 14.8 Å². The highest BCUT2D eigenvalue weighted by molar-refractivity contribution is 5.86. The molecule has 0 radical (unpaired) electrons. The number of pyridine rings is 1. The Morgan fingerprint density at radius 2 is 1.97 bits per heavy atom. The Labute approximate surface area is 187 Å². The molecule has 1 fully saturated rings. The molecular formula is C24H30FN3O4. The molecule has 0 saturated carbocycles. The van der Waals surface area contributed by atoms with Crippen LogP contribution >= 0.6 is 0 Å². The third kappa shape index (κ3) is 5.96. The second kappa shape index (κ2) is 9.97. The first kappa shape index (κ1) is 23.5. The lowest BCUT2D eigenvalue weighted by Gasteiger charge is -2.28. The van der Waals surface area contributed by atoms with Crippen LogP contribution in [0.2, 0.25) is 0 Å². The van der Waals surface area contributed by atoms with E-state index in [1.165, 1.54) is 18.1 Å². The van der Waals surface area contributed by atoms with Crippen molar-refractivity contribution in [3.63, 3.8) is 0 Å². The number of benzene rings is 1. The average molecular weight is 444 g/mol. The Hall–Kier alpha value is -3.16.